The number of hydrogen-bond acceptors (Lipinski definition) is 12. The number of benzene rings is 2. The number of aryl methyl sites for hydroxylation is 1. The molecule has 6 atom stereocenters. The fourth-order valence-corrected chi connectivity index (χ4v) is 12.9. The van der Waals surface area contributed by atoms with Crippen LogP contribution in [0, 0.1) is 30.2 Å². The maximum atomic E-state index is 14.5. The van der Waals surface area contributed by atoms with Gasteiger partial charge in [-0.25, -0.2) is 58.1 Å². The summed E-state index contributed by atoms with van der Waals surface area (Å²) < 4.78 is 211. The smallest absolute Gasteiger partial charge is 0.351 e. The largest absolute Gasteiger partial charge is 0.443 e. The van der Waals surface area contributed by atoms with E-state index >= 15 is 0 Å². The molecule has 2 aliphatic rings. The number of rotatable bonds is 11. The first kappa shape index (κ1) is 59.6. The van der Waals surface area contributed by atoms with Crippen LogP contribution in [-0.4, -0.2) is 93.7 Å². The molecular formula is C45H39BrF12N8O6S4. The summed E-state index contributed by atoms with van der Waals surface area (Å²) in [5.74, 6) is -4.49. The highest BCUT2D eigenvalue weighted by Gasteiger charge is 2.50. The third-order valence-electron chi connectivity index (χ3n) is 11.4. The van der Waals surface area contributed by atoms with Crippen LogP contribution in [0.3, 0.4) is 0 Å². The van der Waals surface area contributed by atoms with Crippen LogP contribution in [0.15, 0.2) is 99.8 Å². The predicted molar refractivity (Wildman–Crippen MR) is 254 cm³/mol. The first-order chi connectivity index (χ1) is 35.4. The van der Waals surface area contributed by atoms with Crippen LogP contribution < -0.4 is 10.6 Å². The summed E-state index contributed by atoms with van der Waals surface area (Å²) in [6, 6.07) is 5.30. The number of hydrogen-bond donors (Lipinski definition) is 2. The lowest BCUT2D eigenvalue weighted by Gasteiger charge is -2.27. The van der Waals surface area contributed by atoms with Crippen LogP contribution in [0.5, 0.6) is 0 Å². The van der Waals surface area contributed by atoms with Gasteiger partial charge in [0.05, 0.1) is 44.8 Å². The number of pyridine rings is 2. The van der Waals surface area contributed by atoms with E-state index in [-0.39, 0.29) is 44.5 Å². The van der Waals surface area contributed by atoms with Gasteiger partial charge in [0.15, 0.2) is 10.0 Å². The van der Waals surface area contributed by atoms with Crippen molar-refractivity contribution in [2.75, 3.05) is 0 Å². The van der Waals surface area contributed by atoms with Crippen molar-refractivity contribution in [1.82, 2.24) is 39.2 Å². The second kappa shape index (κ2) is 24.0. The van der Waals surface area contributed by atoms with E-state index in [0.29, 0.717) is 36.5 Å². The average Bonchev–Trinajstić information content (AvgIpc) is 4.16. The molecule has 6 aromatic rings. The molecule has 0 unspecified atom stereocenters. The molecule has 76 heavy (non-hydrogen) atoms. The summed E-state index contributed by atoms with van der Waals surface area (Å²) in [5, 5.41) is 2.93. The second-order valence-corrected chi connectivity index (χ2v) is 23.4. The normalized spacial score (nSPS) is 20.3. The average molecular weight is 1220 g/mol. The van der Waals surface area contributed by atoms with Crippen molar-refractivity contribution < 1.29 is 79.1 Å². The minimum absolute atomic E-state index is 0.0151. The number of halogens is 13. The molecular weight excluding hydrogens is 1180 g/mol. The summed E-state index contributed by atoms with van der Waals surface area (Å²) in [7, 11) is -8.65. The topological polar surface area (TPSA) is 185 Å². The highest BCUT2D eigenvalue weighted by Crippen LogP contribution is 2.38. The van der Waals surface area contributed by atoms with Crippen LogP contribution in [-0.2, 0) is 55.1 Å². The fourth-order valence-electron chi connectivity index (χ4n) is 7.54. The van der Waals surface area contributed by atoms with Crippen LogP contribution in [0.1, 0.15) is 52.7 Å². The molecule has 4 aromatic heterocycles. The van der Waals surface area contributed by atoms with Gasteiger partial charge in [0, 0.05) is 54.3 Å². The zero-order valence-corrected chi connectivity index (χ0v) is 43.9. The monoisotopic (exact) mass is 1220 g/mol. The molecule has 0 spiro atoms. The molecule has 8 rings (SSSR count). The molecule has 2 saturated heterocycles. The van der Waals surface area contributed by atoms with Gasteiger partial charge in [-0.15, -0.1) is 22.7 Å². The minimum Gasteiger partial charge on any atom is -0.351 e. The van der Waals surface area contributed by atoms with Gasteiger partial charge in [-0.2, -0.15) is 35.0 Å². The summed E-state index contributed by atoms with van der Waals surface area (Å²) in [5.41, 5.74) is -0.0235. The Bertz CT molecular complexity index is 3260. The molecule has 2 aromatic carbocycles. The molecule has 14 nitrogen and oxygen atoms in total. The molecule has 0 aliphatic carbocycles. The minimum atomic E-state index is -4.66. The Balaban J connectivity index is 0.000000213. The molecule has 410 valence electrons. The molecule has 2 amide bonds. The lowest BCUT2D eigenvalue weighted by atomic mass is 10.1. The Hall–Kier alpha value is -5.60. The second-order valence-electron chi connectivity index (χ2n) is 16.6. The standard InChI is InChI=1S/C22H18F6N4O3S2.C18H17BrF3N3O3S.C5H4F3NS/c1-11-15(24)7-18(32(11)37(34,35)14-4-2-13(23)3-5-14)20(33)30-8-12-6-17(29-9-16(12)25)19-10-31-21(36-19)22(26,27)28;1-10-14(21)7-16(18(26)24-8-11-6-17(19)23-9-15(11)22)25(10)29(27,28)13-4-2-12(20)3-5-13;1-3-2-9-4(10-3)5(6,7)8/h2-6,9-11,15,18H,7-8H2,1H3,(H,30,33);2-6,9-10,14,16H,7-8H2,1H3,(H,24,26);2H,1H3/t11-,15+,18-;10-,14+,16-;/m00./s1. The molecule has 6 heterocycles. The van der Waals surface area contributed by atoms with E-state index < -0.39 is 127 Å². The fraction of sp³-hybridized carbons (Fsp3) is 0.333. The molecule has 0 saturated carbocycles. The van der Waals surface area contributed by atoms with Crippen LogP contribution in [0.2, 0.25) is 0 Å². The SMILES string of the molecule is C[C@H]1[C@H](F)C[C@@H](C(=O)NCc2cc(-c3cnc(C(F)(F)F)s3)ncc2F)N1S(=O)(=O)c1ccc(F)cc1.C[C@H]1[C@H](F)C[C@@H](C(=O)NCc2cc(Br)ncc2F)N1S(=O)(=O)c1ccc(F)cc1.Cc1cnc(C(F)(F)F)s1. The molecule has 0 bridgehead atoms. The van der Waals surface area contributed by atoms with Gasteiger partial charge < -0.3 is 10.6 Å². The Morgan fingerprint density at radius 3 is 1.43 bits per heavy atom. The lowest BCUT2D eigenvalue weighted by molar-refractivity contribution is -0.138. The molecule has 31 heteroatoms. The molecule has 0 radical (unpaired) electrons. The number of thiazole rings is 2. The summed E-state index contributed by atoms with van der Waals surface area (Å²) in [6.45, 7) is 3.54. The highest BCUT2D eigenvalue weighted by molar-refractivity contribution is 9.10. The predicted octanol–water partition coefficient (Wildman–Crippen LogP) is 9.71. The van der Waals surface area contributed by atoms with Gasteiger partial charge in [0.1, 0.15) is 52.3 Å². The van der Waals surface area contributed by atoms with E-state index in [4.69, 9.17) is 0 Å². The third kappa shape index (κ3) is 14.1. The quantitative estimate of drug-likeness (QED) is 0.0935. The van der Waals surface area contributed by atoms with Gasteiger partial charge in [-0.05, 0) is 97.4 Å². The Labute approximate surface area is 441 Å². The number of alkyl halides is 8. The van der Waals surface area contributed by atoms with E-state index in [1.807, 2.05) is 0 Å². The van der Waals surface area contributed by atoms with E-state index in [1.165, 1.54) is 26.1 Å². The zero-order valence-electron chi connectivity index (χ0n) is 39.1. The number of amides is 2. The van der Waals surface area contributed by atoms with Crippen molar-refractivity contribution in [1.29, 1.82) is 0 Å². The lowest BCUT2D eigenvalue weighted by Crippen LogP contribution is -2.48. The van der Waals surface area contributed by atoms with Crippen LogP contribution in [0.4, 0.5) is 52.7 Å². The highest BCUT2D eigenvalue weighted by atomic mass is 79.9. The van der Waals surface area contributed by atoms with Crippen molar-refractivity contribution in [3.05, 3.63) is 139 Å². The third-order valence-corrected chi connectivity index (χ3v) is 17.8. The number of carbonyl (C=O) groups is 2. The molecule has 2 aliphatic heterocycles. The Morgan fingerprint density at radius 2 is 1.04 bits per heavy atom. The number of nitrogens with zero attached hydrogens (tertiary/aromatic N) is 6. The van der Waals surface area contributed by atoms with Gasteiger partial charge in [0.25, 0.3) is 0 Å². The first-order valence-electron chi connectivity index (χ1n) is 21.8. The number of aromatic nitrogens is 4. The van der Waals surface area contributed by atoms with Crippen molar-refractivity contribution in [3.8, 4) is 10.6 Å². The first-order valence-corrected chi connectivity index (χ1v) is 27.1. The van der Waals surface area contributed by atoms with Crippen molar-refractivity contribution in [3.63, 3.8) is 0 Å². The van der Waals surface area contributed by atoms with Crippen molar-refractivity contribution >= 4 is 70.5 Å². The number of sulfonamides is 2. The maximum Gasteiger partial charge on any atom is 0.443 e. The van der Waals surface area contributed by atoms with Crippen molar-refractivity contribution in [2.45, 2.75) is 105 Å². The van der Waals surface area contributed by atoms with Crippen LogP contribution >= 0.6 is 38.6 Å². The Morgan fingerprint density at radius 1 is 0.632 bits per heavy atom. The van der Waals surface area contributed by atoms with Crippen LogP contribution in [0.25, 0.3) is 10.6 Å². The maximum absolute atomic E-state index is 14.5. The van der Waals surface area contributed by atoms with Gasteiger partial charge in [-0.1, -0.05) is 0 Å². The number of carbonyl (C=O) groups excluding carboxylic acids is 2. The van der Waals surface area contributed by atoms with Gasteiger partial charge >= 0.3 is 12.4 Å². The van der Waals surface area contributed by atoms with Gasteiger partial charge in [-0.3, -0.25) is 14.6 Å². The zero-order chi connectivity index (χ0) is 56.2. The summed E-state index contributed by atoms with van der Waals surface area (Å²) >= 11 is 4.06. The van der Waals surface area contributed by atoms with E-state index in [9.17, 15) is 79.1 Å². The molecule has 2 fully saturated rings. The Kier molecular flexibility index (Phi) is 18.8. The number of nitrogens with one attached hydrogen (secondary N) is 2. The van der Waals surface area contributed by atoms with Crippen molar-refractivity contribution in [2.24, 2.45) is 0 Å². The van der Waals surface area contributed by atoms with Gasteiger partial charge in [0.2, 0.25) is 31.9 Å². The summed E-state index contributed by atoms with van der Waals surface area (Å²) in [4.78, 5) is 39.5. The summed E-state index contributed by atoms with van der Waals surface area (Å²) in [6.07, 6.45) is -9.07. The van der Waals surface area contributed by atoms with E-state index in [1.54, 1.807) is 6.92 Å². The van der Waals surface area contributed by atoms with E-state index in [2.05, 4.69) is 46.5 Å². The molecule has 2 N–H and O–H groups in total. The van der Waals surface area contributed by atoms with E-state index in [0.717, 1.165) is 77.5 Å².